The maximum atomic E-state index is 12.5. The number of carbonyl (C=O) groups excluding carboxylic acids is 2. The highest BCUT2D eigenvalue weighted by Gasteiger charge is 2.25. The number of nitrogens with two attached hydrogens (primary N) is 1. The van der Waals surface area contributed by atoms with Crippen LogP contribution in [0.5, 0.6) is 0 Å². The second-order valence-corrected chi connectivity index (χ2v) is 8.23. The van der Waals surface area contributed by atoms with Crippen LogP contribution in [0.1, 0.15) is 44.8 Å². The number of amides is 2. The van der Waals surface area contributed by atoms with Gasteiger partial charge in [0.1, 0.15) is 11.5 Å². The topological polar surface area (TPSA) is 76.6 Å². The predicted octanol–water partition coefficient (Wildman–Crippen LogP) is 1.69. The number of thiophene rings is 1. The quantitative estimate of drug-likeness (QED) is 0.722. The van der Waals surface area contributed by atoms with Crippen molar-refractivity contribution in [1.82, 2.24) is 0 Å². The number of anilines is 1. The van der Waals surface area contributed by atoms with Gasteiger partial charge in [-0.25, -0.2) is 0 Å². The fourth-order valence-electron chi connectivity index (χ4n) is 3.48. The van der Waals surface area contributed by atoms with Crippen LogP contribution in [0.4, 0.5) is 5.00 Å². The first-order chi connectivity index (χ1) is 12.4. The lowest BCUT2D eigenvalue weighted by Gasteiger charge is -2.14. The standard InChI is InChI=1S/C20H25N3O2S/c1-13-7-9-14(10-8-13)11-23(2)12-17(24)22-20-18(19(21)25)15-5-3-4-6-16(15)26-20/h7-10H,3-6,11-12H2,1-2H3,(H2,21,25)(H,22,24)/p+1. The Morgan fingerprint density at radius 1 is 1.19 bits per heavy atom. The molecule has 6 heteroatoms. The number of rotatable bonds is 6. The zero-order valence-electron chi connectivity index (χ0n) is 15.4. The number of quaternary nitrogens is 1. The molecule has 5 nitrogen and oxygen atoms in total. The summed E-state index contributed by atoms with van der Waals surface area (Å²) in [4.78, 5) is 26.7. The molecule has 4 N–H and O–H groups in total. The number of fused-ring (bicyclic) bond motifs is 1. The van der Waals surface area contributed by atoms with Crippen molar-refractivity contribution in [3.63, 3.8) is 0 Å². The summed E-state index contributed by atoms with van der Waals surface area (Å²) in [6.07, 6.45) is 4.04. The van der Waals surface area contributed by atoms with E-state index in [0.29, 0.717) is 17.1 Å². The van der Waals surface area contributed by atoms with Crippen LogP contribution >= 0.6 is 11.3 Å². The first-order valence-electron chi connectivity index (χ1n) is 9.05. The predicted molar refractivity (Wildman–Crippen MR) is 105 cm³/mol. The van der Waals surface area contributed by atoms with Crippen LogP contribution in [0, 0.1) is 6.92 Å². The van der Waals surface area contributed by atoms with E-state index in [2.05, 4.69) is 36.5 Å². The Morgan fingerprint density at radius 3 is 2.58 bits per heavy atom. The Kier molecular flexibility index (Phi) is 5.74. The highest BCUT2D eigenvalue weighted by Crippen LogP contribution is 2.37. The molecular formula is C20H26N3O2S+. The minimum atomic E-state index is -0.444. The van der Waals surface area contributed by atoms with Crippen molar-refractivity contribution in [2.45, 2.75) is 39.2 Å². The summed E-state index contributed by atoms with van der Waals surface area (Å²) in [6, 6.07) is 8.35. The van der Waals surface area contributed by atoms with Gasteiger partial charge in [0.05, 0.1) is 12.6 Å². The number of benzene rings is 1. The fourth-order valence-corrected chi connectivity index (χ4v) is 4.79. The number of hydrogen-bond donors (Lipinski definition) is 3. The van der Waals surface area contributed by atoms with Crippen molar-refractivity contribution in [2.75, 3.05) is 18.9 Å². The number of carbonyl (C=O) groups is 2. The minimum Gasteiger partial charge on any atom is -0.365 e. The number of aryl methyl sites for hydroxylation is 2. The molecule has 0 bridgehead atoms. The monoisotopic (exact) mass is 372 g/mol. The molecule has 0 spiro atoms. The Bertz CT molecular complexity index is 811. The molecule has 0 saturated heterocycles. The van der Waals surface area contributed by atoms with Crippen LogP contribution in [0.15, 0.2) is 24.3 Å². The Labute approximate surface area is 158 Å². The van der Waals surface area contributed by atoms with E-state index < -0.39 is 5.91 Å². The van der Waals surface area contributed by atoms with Crippen molar-refractivity contribution in [2.24, 2.45) is 5.73 Å². The van der Waals surface area contributed by atoms with Gasteiger partial charge in [0.15, 0.2) is 6.54 Å². The van der Waals surface area contributed by atoms with Crippen molar-refractivity contribution in [1.29, 1.82) is 0 Å². The van der Waals surface area contributed by atoms with E-state index in [0.717, 1.165) is 42.7 Å². The van der Waals surface area contributed by atoms with Gasteiger partial charge < -0.3 is 16.0 Å². The van der Waals surface area contributed by atoms with Crippen molar-refractivity contribution >= 4 is 28.2 Å². The minimum absolute atomic E-state index is 0.0873. The largest absolute Gasteiger partial charge is 0.365 e. The lowest BCUT2D eigenvalue weighted by molar-refractivity contribution is -0.885. The number of hydrogen-bond acceptors (Lipinski definition) is 3. The molecule has 26 heavy (non-hydrogen) atoms. The van der Waals surface area contributed by atoms with Crippen molar-refractivity contribution < 1.29 is 14.5 Å². The normalized spacial score (nSPS) is 14.5. The smallest absolute Gasteiger partial charge is 0.280 e. The van der Waals surface area contributed by atoms with Crippen LogP contribution in [0.2, 0.25) is 0 Å². The van der Waals surface area contributed by atoms with E-state index in [1.807, 2.05) is 7.05 Å². The van der Waals surface area contributed by atoms with Crippen molar-refractivity contribution in [3.8, 4) is 0 Å². The molecule has 0 saturated carbocycles. The van der Waals surface area contributed by atoms with E-state index in [-0.39, 0.29) is 5.91 Å². The Balaban J connectivity index is 1.65. The van der Waals surface area contributed by atoms with Crippen LogP contribution < -0.4 is 16.0 Å². The van der Waals surface area contributed by atoms with E-state index >= 15 is 0 Å². The Hall–Kier alpha value is -2.18. The molecule has 0 aliphatic heterocycles. The summed E-state index contributed by atoms with van der Waals surface area (Å²) < 4.78 is 0. The zero-order valence-corrected chi connectivity index (χ0v) is 16.2. The summed E-state index contributed by atoms with van der Waals surface area (Å²) in [7, 11) is 1.99. The van der Waals surface area contributed by atoms with Gasteiger partial charge in [-0.3, -0.25) is 9.59 Å². The van der Waals surface area contributed by atoms with E-state index in [4.69, 9.17) is 5.73 Å². The second kappa shape index (κ2) is 8.01. The average molecular weight is 373 g/mol. The first-order valence-corrected chi connectivity index (χ1v) is 9.86. The number of nitrogens with one attached hydrogen (secondary N) is 2. The van der Waals surface area contributed by atoms with Gasteiger partial charge in [0, 0.05) is 10.4 Å². The molecular weight excluding hydrogens is 346 g/mol. The molecule has 2 aromatic rings. The highest BCUT2D eigenvalue weighted by atomic mass is 32.1. The average Bonchev–Trinajstić information content (AvgIpc) is 2.94. The third-order valence-electron chi connectivity index (χ3n) is 4.76. The molecule has 2 amide bonds. The van der Waals surface area contributed by atoms with Crippen LogP contribution in [-0.4, -0.2) is 25.4 Å². The Morgan fingerprint density at radius 2 is 1.88 bits per heavy atom. The van der Waals surface area contributed by atoms with E-state index in [9.17, 15) is 9.59 Å². The van der Waals surface area contributed by atoms with E-state index in [1.54, 1.807) is 0 Å². The number of primary amides is 1. The molecule has 1 unspecified atom stereocenters. The lowest BCUT2D eigenvalue weighted by Crippen LogP contribution is -3.08. The van der Waals surface area contributed by atoms with Crippen LogP contribution in [-0.2, 0) is 24.2 Å². The van der Waals surface area contributed by atoms with Gasteiger partial charge >= 0.3 is 0 Å². The lowest BCUT2D eigenvalue weighted by atomic mass is 9.95. The molecule has 0 fully saturated rings. The summed E-state index contributed by atoms with van der Waals surface area (Å²) >= 11 is 1.51. The summed E-state index contributed by atoms with van der Waals surface area (Å²) in [5.74, 6) is -0.532. The zero-order chi connectivity index (χ0) is 18.7. The van der Waals surface area contributed by atoms with E-state index in [1.165, 1.54) is 27.3 Å². The maximum absolute atomic E-state index is 12.5. The molecule has 1 heterocycles. The molecule has 3 rings (SSSR count). The third-order valence-corrected chi connectivity index (χ3v) is 5.97. The van der Waals surface area contributed by atoms with Gasteiger partial charge in [-0.15, -0.1) is 11.3 Å². The molecule has 1 aliphatic carbocycles. The highest BCUT2D eigenvalue weighted by molar-refractivity contribution is 7.17. The van der Waals surface area contributed by atoms with Crippen LogP contribution in [0.25, 0.3) is 0 Å². The fraction of sp³-hybridized carbons (Fsp3) is 0.400. The second-order valence-electron chi connectivity index (χ2n) is 7.12. The summed E-state index contributed by atoms with van der Waals surface area (Å²) in [5, 5.41) is 3.56. The van der Waals surface area contributed by atoms with Gasteiger partial charge in [-0.1, -0.05) is 29.8 Å². The maximum Gasteiger partial charge on any atom is 0.280 e. The summed E-state index contributed by atoms with van der Waals surface area (Å²) in [5.41, 5.74) is 9.58. The molecule has 1 aromatic heterocycles. The van der Waals surface area contributed by atoms with Gasteiger partial charge in [-0.05, 0) is 38.2 Å². The van der Waals surface area contributed by atoms with Gasteiger partial charge in [0.25, 0.3) is 11.8 Å². The number of likely N-dealkylation sites (N-methyl/N-ethyl adjacent to an activating group) is 1. The molecule has 1 aromatic carbocycles. The van der Waals surface area contributed by atoms with Gasteiger partial charge in [0.2, 0.25) is 0 Å². The third kappa shape index (κ3) is 4.31. The molecule has 1 atom stereocenters. The SMILES string of the molecule is Cc1ccc(C[NH+](C)CC(=O)Nc2sc3c(c2C(N)=O)CCCC3)cc1. The van der Waals surface area contributed by atoms with Gasteiger partial charge in [-0.2, -0.15) is 0 Å². The molecule has 138 valence electrons. The van der Waals surface area contributed by atoms with Crippen LogP contribution in [0.3, 0.4) is 0 Å². The first kappa shape index (κ1) is 18.6. The molecule has 1 aliphatic rings. The molecule has 0 radical (unpaired) electrons. The van der Waals surface area contributed by atoms with Crippen molar-refractivity contribution in [3.05, 3.63) is 51.4 Å². The summed E-state index contributed by atoms with van der Waals surface area (Å²) in [6.45, 7) is 3.18.